The first-order valence-corrected chi connectivity index (χ1v) is 20.6. The summed E-state index contributed by atoms with van der Waals surface area (Å²) in [6.07, 6.45) is 4.96. The van der Waals surface area contributed by atoms with Crippen LogP contribution in [0.2, 0.25) is 18.1 Å². The van der Waals surface area contributed by atoms with Crippen LogP contribution < -0.4 is 0 Å². The Morgan fingerprint density at radius 2 is 1.91 bits per heavy atom. The van der Waals surface area contributed by atoms with Crippen molar-refractivity contribution < 1.29 is 33.4 Å². The van der Waals surface area contributed by atoms with Crippen molar-refractivity contribution in [2.45, 2.75) is 88.7 Å². The van der Waals surface area contributed by atoms with Gasteiger partial charge >= 0.3 is 12.1 Å². The molecular weight excluding hydrogens is 657 g/mol. The van der Waals surface area contributed by atoms with Crippen molar-refractivity contribution in [2.24, 2.45) is 11.8 Å². The van der Waals surface area contributed by atoms with Gasteiger partial charge in [0.1, 0.15) is 35.7 Å². The smallest absolute Gasteiger partial charge is 0.410 e. The van der Waals surface area contributed by atoms with Crippen LogP contribution >= 0.6 is 23.1 Å². The van der Waals surface area contributed by atoms with Crippen molar-refractivity contribution in [2.75, 3.05) is 19.8 Å². The molecule has 14 heteroatoms. The van der Waals surface area contributed by atoms with Crippen LogP contribution in [0, 0.1) is 11.8 Å². The van der Waals surface area contributed by atoms with Crippen molar-refractivity contribution in [3.05, 3.63) is 59.5 Å². The molecule has 2 aromatic heterocycles. The van der Waals surface area contributed by atoms with Gasteiger partial charge < -0.3 is 28.8 Å². The number of hydrogen-bond acceptors (Lipinski definition) is 10. The number of rotatable bonds is 12. The topological polar surface area (TPSA) is 123 Å². The minimum atomic E-state index is -2.17. The number of thioether (sulfide) groups is 1. The molecule has 2 aromatic rings. The van der Waals surface area contributed by atoms with E-state index in [-0.39, 0.29) is 59.7 Å². The Bertz CT molecular complexity index is 1580. The average molecular weight is 703 g/mol. The number of esters is 1. The number of nitrogens with zero attached hydrogens (tertiary/aromatic N) is 4. The maximum Gasteiger partial charge on any atom is 0.410 e. The second kappa shape index (κ2) is 13.5. The number of carbonyl (C=O) groups is 3. The second-order valence-electron chi connectivity index (χ2n) is 13.9. The normalized spacial score (nSPS) is 25.9. The zero-order valence-electron chi connectivity index (χ0n) is 28.2. The highest BCUT2D eigenvalue weighted by atomic mass is 32.2. The largest absolute Gasteiger partial charge is 0.457 e. The lowest BCUT2D eigenvalue weighted by atomic mass is 9.79. The van der Waals surface area contributed by atoms with E-state index in [0.29, 0.717) is 12.2 Å². The van der Waals surface area contributed by atoms with Crippen molar-refractivity contribution in [3.63, 3.8) is 0 Å². The predicted molar refractivity (Wildman–Crippen MR) is 185 cm³/mol. The van der Waals surface area contributed by atoms with Crippen LogP contribution in [0.25, 0.3) is 4.83 Å². The molecule has 0 radical (unpaired) electrons. The van der Waals surface area contributed by atoms with E-state index in [4.69, 9.17) is 13.9 Å². The molecule has 256 valence electrons. The van der Waals surface area contributed by atoms with Gasteiger partial charge in [-0.25, -0.2) is 14.6 Å². The van der Waals surface area contributed by atoms with E-state index >= 15 is 0 Å². The molecule has 7 atom stereocenters. The summed E-state index contributed by atoms with van der Waals surface area (Å²) in [7, 11) is -2.17. The lowest BCUT2D eigenvalue weighted by Gasteiger charge is -2.50. The van der Waals surface area contributed by atoms with Gasteiger partial charge in [0.05, 0.1) is 30.3 Å². The van der Waals surface area contributed by atoms with Crippen molar-refractivity contribution >= 4 is 54.2 Å². The van der Waals surface area contributed by atoms with Crippen molar-refractivity contribution in [1.29, 1.82) is 0 Å². The minimum Gasteiger partial charge on any atom is -0.457 e. The predicted octanol–water partition coefficient (Wildman–Crippen LogP) is 5.76. The molecule has 0 aromatic carbocycles. The van der Waals surface area contributed by atoms with Gasteiger partial charge in [0.25, 0.3) is 0 Å². The zero-order valence-corrected chi connectivity index (χ0v) is 30.8. The highest BCUT2D eigenvalue weighted by molar-refractivity contribution is 8.03. The van der Waals surface area contributed by atoms with E-state index < -0.39 is 38.4 Å². The molecule has 0 bridgehead atoms. The third kappa shape index (κ3) is 6.46. The fourth-order valence-electron chi connectivity index (χ4n) is 6.53. The number of thiazole rings is 1. The van der Waals surface area contributed by atoms with E-state index in [1.807, 2.05) is 29.8 Å². The number of imidazole rings is 1. The maximum absolute atomic E-state index is 13.8. The Hall–Kier alpha value is -2.91. The maximum atomic E-state index is 13.8. The summed E-state index contributed by atoms with van der Waals surface area (Å²) in [5.41, 5.74) is 0.244. The van der Waals surface area contributed by atoms with Gasteiger partial charge in [-0.1, -0.05) is 53.0 Å². The third-order valence-electron chi connectivity index (χ3n) is 9.88. The molecule has 11 nitrogen and oxygen atoms in total. The fraction of sp³-hybridized carbons (Fsp3) is 0.576. The van der Waals surface area contributed by atoms with E-state index in [0.717, 1.165) is 9.74 Å². The molecule has 1 N–H and O–H groups in total. The van der Waals surface area contributed by atoms with Crippen molar-refractivity contribution in [3.8, 4) is 0 Å². The fourth-order valence-corrected chi connectivity index (χ4v) is 10.2. The van der Waals surface area contributed by atoms with Crippen molar-refractivity contribution in [1.82, 2.24) is 19.2 Å². The summed E-state index contributed by atoms with van der Waals surface area (Å²) in [5, 5.41) is 13.3. The number of fused-ring (bicyclic) bond motifs is 2. The molecule has 5 rings (SSSR count). The number of ether oxygens (including phenoxy) is 2. The molecular formula is C33H46N4O7S2Si. The first-order valence-electron chi connectivity index (χ1n) is 16.0. The molecule has 2 amide bonds. The Balaban J connectivity index is 1.42. The number of β-lactam (4-membered cyclic amide) rings is 1. The number of aliphatic hydroxyl groups excluding tert-OH is 1. The van der Waals surface area contributed by atoms with Crippen LogP contribution in [0.15, 0.2) is 53.7 Å². The summed E-state index contributed by atoms with van der Waals surface area (Å²) in [5.74, 6) is -0.879. The molecule has 5 heterocycles. The van der Waals surface area contributed by atoms with Crippen LogP contribution in [0.5, 0.6) is 0 Å². The average Bonchev–Trinajstić information content (AvgIpc) is 3.77. The highest BCUT2D eigenvalue weighted by Crippen LogP contribution is 2.54. The van der Waals surface area contributed by atoms with Gasteiger partial charge in [-0.2, -0.15) is 0 Å². The zero-order chi connectivity index (χ0) is 34.4. The molecule has 2 saturated heterocycles. The number of likely N-dealkylation sites (tertiary alicyclic amines) is 1. The molecule has 3 aliphatic rings. The SMILES string of the molecule is C=CCOC(=O)C1=C(S[C@H]2C[C@@H](C(O)c3ncc4sccn34)N(C(=O)OCC=C)C2)[C@H](C)[C@@H]2[C@@H]([C@@H](C)O[Si](C)(C)C(C)(C)C)C(=O)N12. The number of aromatic nitrogens is 2. The Morgan fingerprint density at radius 1 is 1.23 bits per heavy atom. The third-order valence-corrected chi connectivity index (χ3v) is 16.8. The van der Waals surface area contributed by atoms with E-state index in [9.17, 15) is 19.5 Å². The number of aliphatic hydroxyl groups is 1. The van der Waals surface area contributed by atoms with Crippen LogP contribution in [-0.4, -0.2) is 93.8 Å². The first kappa shape index (κ1) is 35.4. The minimum absolute atomic E-state index is 0.0116. The Kier molecular flexibility index (Phi) is 10.2. The Labute approximate surface area is 285 Å². The standard InChI is InChI=1S/C33H46N4O7S2Si/c1-10-13-42-31(40)26-28(19(3)25-24(30(39)37(25)26)20(4)44-47(8,9)33(5,6)7)46-21-16-22(36(18-21)32(41)43-14-11-2)27(38)29-34-17-23-35(29)12-15-45-23/h10-12,15,17,19-22,24-25,27,38H,1-2,13-14,16,18H2,3-9H3/t19-,20-,21+,22+,24-,25-,27?/m1/s1. The van der Waals surface area contributed by atoms with Gasteiger partial charge in [-0.05, 0) is 31.5 Å². The highest BCUT2D eigenvalue weighted by Gasteiger charge is 2.61. The van der Waals surface area contributed by atoms with Gasteiger partial charge in [-0.3, -0.25) is 9.20 Å². The van der Waals surface area contributed by atoms with E-state index in [2.05, 4.69) is 52.0 Å². The summed E-state index contributed by atoms with van der Waals surface area (Å²) in [6, 6.07) is -0.891. The number of hydrogen-bond donors (Lipinski definition) is 1. The molecule has 47 heavy (non-hydrogen) atoms. The lowest BCUT2D eigenvalue weighted by molar-refractivity contribution is -0.163. The van der Waals surface area contributed by atoms with Crippen LogP contribution in [0.4, 0.5) is 4.79 Å². The monoisotopic (exact) mass is 702 g/mol. The molecule has 3 aliphatic heterocycles. The van der Waals surface area contributed by atoms with Gasteiger partial charge in [-0.15, -0.1) is 23.1 Å². The molecule has 2 fully saturated rings. The number of carbonyl (C=O) groups excluding carboxylic acids is 3. The first-order chi connectivity index (χ1) is 22.1. The molecule has 0 spiro atoms. The summed E-state index contributed by atoms with van der Waals surface area (Å²) in [4.78, 5) is 49.8. The quantitative estimate of drug-likeness (QED) is 0.127. The Morgan fingerprint density at radius 3 is 2.57 bits per heavy atom. The summed E-state index contributed by atoms with van der Waals surface area (Å²) >= 11 is 2.97. The molecule has 0 saturated carbocycles. The molecule has 1 unspecified atom stereocenters. The number of amides is 2. The van der Waals surface area contributed by atoms with E-state index in [1.165, 1.54) is 40.2 Å². The van der Waals surface area contributed by atoms with E-state index in [1.54, 1.807) is 11.1 Å². The summed E-state index contributed by atoms with van der Waals surface area (Å²) in [6.45, 7) is 22.4. The summed E-state index contributed by atoms with van der Waals surface area (Å²) < 4.78 is 19.4. The molecule has 0 aliphatic carbocycles. The van der Waals surface area contributed by atoms with Crippen LogP contribution in [0.1, 0.15) is 53.0 Å². The van der Waals surface area contributed by atoms with Gasteiger partial charge in [0.2, 0.25) is 5.91 Å². The van der Waals surface area contributed by atoms with Crippen LogP contribution in [0.3, 0.4) is 0 Å². The van der Waals surface area contributed by atoms with Gasteiger partial charge in [0, 0.05) is 34.2 Å². The van der Waals surface area contributed by atoms with Gasteiger partial charge in [0.15, 0.2) is 8.32 Å². The van der Waals surface area contributed by atoms with Crippen LogP contribution in [-0.2, 0) is 23.5 Å². The second-order valence-corrected chi connectivity index (χ2v) is 21.0. The lowest BCUT2D eigenvalue weighted by Crippen LogP contribution is -2.65.